The summed E-state index contributed by atoms with van der Waals surface area (Å²) in [4.78, 5) is 25.5. The van der Waals surface area contributed by atoms with E-state index in [0.717, 1.165) is 24.8 Å². The summed E-state index contributed by atoms with van der Waals surface area (Å²) in [6, 6.07) is 0. The number of hydrogen-bond acceptors (Lipinski definition) is 5. The number of hydrogen-bond donors (Lipinski definition) is 2. The summed E-state index contributed by atoms with van der Waals surface area (Å²) >= 11 is 0. The lowest BCUT2D eigenvalue weighted by molar-refractivity contribution is -0.178. The second-order valence-electron chi connectivity index (χ2n) is 13.1. The van der Waals surface area contributed by atoms with Gasteiger partial charge in [0.15, 0.2) is 19.9 Å². The summed E-state index contributed by atoms with van der Waals surface area (Å²) in [5.41, 5.74) is -1.37. The smallest absolute Gasteiger partial charge is 0.192 e. The first kappa shape index (κ1) is 25.0. The molecule has 6 heteroatoms. The zero-order valence-corrected chi connectivity index (χ0v) is 22.4. The van der Waals surface area contributed by atoms with Crippen molar-refractivity contribution in [3.8, 4) is 0 Å². The lowest BCUT2D eigenvalue weighted by Crippen LogP contribution is -2.62. The molecule has 0 bridgehead atoms. The molecule has 5 nitrogen and oxygen atoms in total. The maximum absolute atomic E-state index is 13.5. The Morgan fingerprint density at radius 2 is 1.91 bits per heavy atom. The fraction of sp³-hybridized carbons (Fsp3) is 0.778. The maximum atomic E-state index is 13.5. The van der Waals surface area contributed by atoms with Crippen molar-refractivity contribution < 1.29 is 24.2 Å². The van der Waals surface area contributed by atoms with Gasteiger partial charge in [0.2, 0.25) is 0 Å². The molecule has 3 saturated carbocycles. The molecular weight excluding hydrogens is 432 g/mol. The van der Waals surface area contributed by atoms with Gasteiger partial charge >= 0.3 is 0 Å². The number of carbonyl (C=O) groups is 2. The summed E-state index contributed by atoms with van der Waals surface area (Å²) < 4.78 is 6.21. The molecule has 0 aromatic carbocycles. The van der Waals surface area contributed by atoms with Gasteiger partial charge in [0, 0.05) is 16.7 Å². The predicted molar refractivity (Wildman–Crippen MR) is 131 cm³/mol. The van der Waals surface area contributed by atoms with Crippen molar-refractivity contribution in [3.63, 3.8) is 0 Å². The van der Waals surface area contributed by atoms with Gasteiger partial charge in [0.05, 0.1) is 12.7 Å². The van der Waals surface area contributed by atoms with Gasteiger partial charge in [0.1, 0.15) is 5.60 Å². The van der Waals surface area contributed by atoms with Crippen LogP contribution in [0, 0.1) is 28.6 Å². The maximum Gasteiger partial charge on any atom is 0.192 e. The number of carbonyl (C=O) groups excluding carboxylic acids is 2. The Morgan fingerprint density at radius 3 is 2.55 bits per heavy atom. The van der Waals surface area contributed by atoms with Gasteiger partial charge in [-0.2, -0.15) is 0 Å². The van der Waals surface area contributed by atoms with Crippen LogP contribution in [0.25, 0.3) is 0 Å². The first-order valence-electron chi connectivity index (χ1n) is 12.6. The van der Waals surface area contributed by atoms with Crippen LogP contribution in [-0.4, -0.2) is 48.4 Å². The van der Waals surface area contributed by atoms with Crippen LogP contribution in [0.4, 0.5) is 0 Å². The Kier molecular flexibility index (Phi) is 5.84. The van der Waals surface area contributed by atoms with Crippen LogP contribution in [0.15, 0.2) is 23.8 Å². The number of Topliss-reactive ketones (excluding diaryl/α,β-unsaturated/α-hetero) is 1. The van der Waals surface area contributed by atoms with Crippen LogP contribution in [0.5, 0.6) is 0 Å². The lowest BCUT2D eigenvalue weighted by Gasteiger charge is -2.59. The molecule has 4 aliphatic carbocycles. The minimum absolute atomic E-state index is 0.000795. The van der Waals surface area contributed by atoms with Crippen LogP contribution in [-0.2, 0) is 14.0 Å². The van der Waals surface area contributed by atoms with Crippen molar-refractivity contribution in [3.05, 3.63) is 23.8 Å². The van der Waals surface area contributed by atoms with Gasteiger partial charge < -0.3 is 14.6 Å². The quantitative estimate of drug-likeness (QED) is 0.583. The summed E-state index contributed by atoms with van der Waals surface area (Å²) in [5.74, 6) is 0.173. The molecule has 33 heavy (non-hydrogen) atoms. The molecule has 0 aliphatic heterocycles. The Balaban J connectivity index is 1.60. The molecule has 3 unspecified atom stereocenters. The molecule has 0 radical (unpaired) electrons. The number of ketones is 2. The minimum atomic E-state index is -2.12. The van der Waals surface area contributed by atoms with Crippen molar-refractivity contribution >= 4 is 19.9 Å². The van der Waals surface area contributed by atoms with Crippen LogP contribution < -0.4 is 0 Å². The lowest BCUT2D eigenvalue weighted by atomic mass is 9.46. The van der Waals surface area contributed by atoms with Crippen molar-refractivity contribution in [1.82, 2.24) is 0 Å². The van der Waals surface area contributed by atoms with Crippen LogP contribution >= 0.6 is 0 Å². The molecule has 0 aromatic rings. The largest absolute Gasteiger partial charge is 0.409 e. The van der Waals surface area contributed by atoms with E-state index < -0.39 is 25.4 Å². The third kappa shape index (κ3) is 3.59. The molecule has 184 valence electrons. The number of fused-ring (bicyclic) bond motifs is 5. The highest BCUT2D eigenvalue weighted by atomic mass is 28.4. The molecule has 0 heterocycles. The summed E-state index contributed by atoms with van der Waals surface area (Å²) in [7, 11) is -2.12. The zero-order chi connectivity index (χ0) is 24.6. The van der Waals surface area contributed by atoms with E-state index in [1.165, 1.54) is 0 Å². The van der Waals surface area contributed by atoms with Gasteiger partial charge in [-0.25, -0.2) is 0 Å². The van der Waals surface area contributed by atoms with E-state index in [2.05, 4.69) is 40.8 Å². The molecule has 3 fully saturated rings. The number of rotatable bonds is 4. The minimum Gasteiger partial charge on any atom is -0.409 e. The normalized spacial score (nSPS) is 42.9. The monoisotopic (exact) mass is 474 g/mol. The molecule has 4 rings (SSSR count). The van der Waals surface area contributed by atoms with Crippen molar-refractivity contribution in [2.75, 3.05) is 6.61 Å². The zero-order valence-electron chi connectivity index (χ0n) is 21.4. The molecule has 4 aliphatic rings. The molecule has 0 aromatic heterocycles. The molecule has 7 atom stereocenters. The third-order valence-electron chi connectivity index (χ3n) is 10.5. The van der Waals surface area contributed by atoms with Crippen LogP contribution in [0.1, 0.15) is 66.7 Å². The predicted octanol–water partition coefficient (Wildman–Crippen LogP) is 4.59. The SMILES string of the molecule is CC(C)(C)[Si](C)(C)OCC(=O)[C@@]1(O)CCC2C3CCC4=CC(=O)C=C[C@]4(C)C3[C@H](O)C[C@@]21C. The highest BCUT2D eigenvalue weighted by Gasteiger charge is 2.68. The molecule has 0 spiro atoms. The molecule has 0 amide bonds. The van der Waals surface area contributed by atoms with E-state index in [4.69, 9.17) is 4.43 Å². The fourth-order valence-electron chi connectivity index (χ4n) is 7.37. The molecule has 2 N–H and O–H groups in total. The number of aliphatic hydroxyl groups excluding tert-OH is 1. The Labute approximate surface area is 199 Å². The van der Waals surface area contributed by atoms with Gasteiger partial charge in [-0.1, -0.05) is 46.3 Å². The Bertz CT molecular complexity index is 914. The highest BCUT2D eigenvalue weighted by Crippen LogP contribution is 2.67. The summed E-state index contributed by atoms with van der Waals surface area (Å²) in [6.45, 7) is 14.8. The van der Waals surface area contributed by atoms with E-state index in [9.17, 15) is 19.8 Å². The summed E-state index contributed by atoms with van der Waals surface area (Å²) in [6.07, 6.45) is 8.06. The highest BCUT2D eigenvalue weighted by molar-refractivity contribution is 6.74. The van der Waals surface area contributed by atoms with E-state index in [1.807, 2.05) is 13.0 Å². The standard InChI is InChI=1S/C27H42O5Si/c1-24(2,3)33(6,7)32-16-22(30)27(31)13-11-20-19-9-8-17-14-18(28)10-12-25(17,4)23(19)21(29)15-26(20,27)5/h10,12,14,19-21,23,29,31H,8-9,11,13,15-16H2,1-7H3/t19?,20?,21-,23?,25+,26+,27+/m1/s1. The van der Waals surface area contributed by atoms with E-state index >= 15 is 0 Å². The average Bonchev–Trinajstić information content (AvgIpc) is 2.97. The number of allylic oxidation sites excluding steroid dienone is 4. The fourth-order valence-corrected chi connectivity index (χ4v) is 8.30. The van der Waals surface area contributed by atoms with Gasteiger partial charge in [-0.05, 0) is 74.2 Å². The van der Waals surface area contributed by atoms with E-state index in [0.29, 0.717) is 12.8 Å². The van der Waals surface area contributed by atoms with Crippen molar-refractivity contribution in [2.45, 2.75) is 96.6 Å². The number of aliphatic hydroxyl groups is 2. The van der Waals surface area contributed by atoms with Crippen molar-refractivity contribution in [1.29, 1.82) is 0 Å². The summed E-state index contributed by atoms with van der Waals surface area (Å²) in [5, 5.41) is 23.3. The van der Waals surface area contributed by atoms with Crippen LogP contribution in [0.3, 0.4) is 0 Å². The topological polar surface area (TPSA) is 83.8 Å². The molecule has 0 saturated heterocycles. The Hall–Kier alpha value is -1.08. The van der Waals surface area contributed by atoms with Crippen molar-refractivity contribution in [2.24, 2.45) is 28.6 Å². The van der Waals surface area contributed by atoms with E-state index in [1.54, 1.807) is 12.2 Å². The first-order chi connectivity index (χ1) is 15.1. The third-order valence-corrected chi connectivity index (χ3v) is 15.0. The second kappa shape index (κ2) is 7.71. The molecular formula is C27H42O5Si. The van der Waals surface area contributed by atoms with Gasteiger partial charge in [0.25, 0.3) is 0 Å². The van der Waals surface area contributed by atoms with Gasteiger partial charge in [-0.15, -0.1) is 0 Å². The Morgan fingerprint density at radius 1 is 1.24 bits per heavy atom. The van der Waals surface area contributed by atoms with E-state index in [-0.39, 0.29) is 46.4 Å². The first-order valence-corrected chi connectivity index (χ1v) is 15.5. The van der Waals surface area contributed by atoms with Gasteiger partial charge in [-0.3, -0.25) is 9.59 Å². The average molecular weight is 475 g/mol. The van der Waals surface area contributed by atoms with Crippen LogP contribution in [0.2, 0.25) is 18.1 Å². The second-order valence-corrected chi connectivity index (χ2v) is 17.9.